The highest BCUT2D eigenvalue weighted by atomic mass is 15.1. The summed E-state index contributed by atoms with van der Waals surface area (Å²) in [6, 6.07) is 68.4. The molecular formula is C50H37N3. The lowest BCUT2D eigenvalue weighted by atomic mass is 10.0. The number of aromatic nitrogens is 2. The van der Waals surface area contributed by atoms with Gasteiger partial charge in [0.1, 0.15) is 0 Å². The zero-order valence-electron chi connectivity index (χ0n) is 29.7. The van der Waals surface area contributed by atoms with Crippen LogP contribution < -0.4 is 4.90 Å². The molecule has 0 aliphatic heterocycles. The molecule has 0 radical (unpaired) electrons. The molecule has 10 aromatic rings. The molecule has 53 heavy (non-hydrogen) atoms. The van der Waals surface area contributed by atoms with Crippen LogP contribution in [0.25, 0.3) is 66.1 Å². The normalized spacial score (nSPS) is 11.6. The molecule has 10 rings (SSSR count). The Balaban J connectivity index is 1.06. The van der Waals surface area contributed by atoms with Crippen molar-refractivity contribution >= 4 is 60.7 Å². The van der Waals surface area contributed by atoms with Gasteiger partial charge in [-0.2, -0.15) is 0 Å². The van der Waals surface area contributed by atoms with E-state index in [-0.39, 0.29) is 0 Å². The minimum absolute atomic E-state index is 1.11. The molecule has 2 heterocycles. The first-order valence-electron chi connectivity index (χ1n) is 18.3. The topological polar surface area (TPSA) is 13.1 Å². The highest BCUT2D eigenvalue weighted by molar-refractivity contribution is 6.11. The second kappa shape index (κ2) is 12.4. The van der Waals surface area contributed by atoms with Crippen molar-refractivity contribution in [2.24, 2.45) is 0 Å². The first-order valence-corrected chi connectivity index (χ1v) is 18.3. The van der Waals surface area contributed by atoms with Gasteiger partial charge in [-0.15, -0.1) is 0 Å². The zero-order chi connectivity index (χ0) is 35.5. The fraction of sp³-hybridized carbons (Fsp3) is 0.0400. The van der Waals surface area contributed by atoms with E-state index in [0.29, 0.717) is 0 Å². The maximum atomic E-state index is 2.37. The summed E-state index contributed by atoms with van der Waals surface area (Å²) in [6.07, 6.45) is 0. The van der Waals surface area contributed by atoms with Gasteiger partial charge >= 0.3 is 0 Å². The van der Waals surface area contributed by atoms with Crippen LogP contribution in [0, 0.1) is 13.8 Å². The number of benzene rings is 8. The quantitative estimate of drug-likeness (QED) is 0.170. The van der Waals surface area contributed by atoms with Crippen LogP contribution in [0.3, 0.4) is 0 Å². The molecule has 0 N–H and O–H groups in total. The standard InChI is InChI=1S/C50H37N3/c1-34-30-35(2)32-42(31-34)51(40-25-27-41(28-26-40)53-47-17-9-6-14-43(47)44-15-7-10-18-48(44)53)39-23-20-36(21-24-39)37-22-29-50-46(33-37)45-16-8-11-19-49(45)52(50)38-12-4-3-5-13-38/h3-33H,1-2H3. The van der Waals surface area contributed by atoms with Crippen molar-refractivity contribution in [3.8, 4) is 22.5 Å². The number of hydrogen-bond acceptors (Lipinski definition) is 1. The van der Waals surface area contributed by atoms with Crippen molar-refractivity contribution in [1.29, 1.82) is 0 Å². The predicted molar refractivity (Wildman–Crippen MR) is 225 cm³/mol. The molecule has 2 aromatic heterocycles. The van der Waals surface area contributed by atoms with Gasteiger partial charge in [-0.05, 0) is 127 Å². The van der Waals surface area contributed by atoms with E-state index in [1.807, 2.05) is 0 Å². The number of fused-ring (bicyclic) bond motifs is 6. The molecular weight excluding hydrogens is 643 g/mol. The van der Waals surface area contributed by atoms with Crippen LogP contribution in [0.2, 0.25) is 0 Å². The van der Waals surface area contributed by atoms with E-state index in [1.54, 1.807) is 0 Å². The second-order valence-corrected chi connectivity index (χ2v) is 14.0. The summed E-state index contributed by atoms with van der Waals surface area (Å²) in [5.74, 6) is 0. The molecule has 3 nitrogen and oxygen atoms in total. The largest absolute Gasteiger partial charge is 0.310 e. The fourth-order valence-corrected chi connectivity index (χ4v) is 8.29. The van der Waals surface area contributed by atoms with Crippen LogP contribution >= 0.6 is 0 Å². The van der Waals surface area contributed by atoms with Gasteiger partial charge in [0, 0.05) is 50.0 Å². The van der Waals surface area contributed by atoms with Crippen molar-refractivity contribution < 1.29 is 0 Å². The average Bonchev–Trinajstić information content (AvgIpc) is 3.71. The number of rotatable bonds is 6. The van der Waals surface area contributed by atoms with Crippen LogP contribution in [0.4, 0.5) is 17.1 Å². The van der Waals surface area contributed by atoms with Crippen LogP contribution in [-0.2, 0) is 0 Å². The Kier molecular flexibility index (Phi) is 7.26. The van der Waals surface area contributed by atoms with Crippen LogP contribution in [-0.4, -0.2) is 9.13 Å². The molecule has 8 aromatic carbocycles. The summed E-state index contributed by atoms with van der Waals surface area (Å²) in [5, 5.41) is 5.05. The molecule has 0 amide bonds. The monoisotopic (exact) mass is 679 g/mol. The summed E-state index contributed by atoms with van der Waals surface area (Å²) in [4.78, 5) is 2.37. The molecule has 0 unspecified atom stereocenters. The van der Waals surface area contributed by atoms with Gasteiger partial charge in [0.25, 0.3) is 0 Å². The van der Waals surface area contributed by atoms with Crippen molar-refractivity contribution in [2.75, 3.05) is 4.90 Å². The number of anilines is 3. The SMILES string of the molecule is Cc1cc(C)cc(N(c2ccc(-c3ccc4c(c3)c3ccccc3n4-c3ccccc3)cc2)c2ccc(-n3c4ccccc4c4ccccc43)cc2)c1. The van der Waals surface area contributed by atoms with Gasteiger partial charge < -0.3 is 14.0 Å². The van der Waals surface area contributed by atoms with E-state index < -0.39 is 0 Å². The average molecular weight is 680 g/mol. The van der Waals surface area contributed by atoms with Gasteiger partial charge in [-0.3, -0.25) is 0 Å². The number of hydrogen-bond donors (Lipinski definition) is 0. The minimum atomic E-state index is 1.11. The molecule has 0 spiro atoms. The third kappa shape index (κ3) is 5.20. The zero-order valence-corrected chi connectivity index (χ0v) is 29.7. The Morgan fingerprint density at radius 1 is 0.321 bits per heavy atom. The minimum Gasteiger partial charge on any atom is -0.310 e. The number of nitrogens with zero attached hydrogens (tertiary/aromatic N) is 3. The van der Waals surface area contributed by atoms with E-state index in [9.17, 15) is 0 Å². The Hall–Kier alpha value is -6.84. The fourth-order valence-electron chi connectivity index (χ4n) is 8.29. The van der Waals surface area contributed by atoms with Crippen molar-refractivity contribution in [1.82, 2.24) is 9.13 Å². The first-order chi connectivity index (χ1) is 26.1. The summed E-state index contributed by atoms with van der Waals surface area (Å²) in [6.45, 7) is 4.35. The number of aryl methyl sites for hydroxylation is 2. The molecule has 3 heteroatoms. The molecule has 0 atom stereocenters. The van der Waals surface area contributed by atoms with Gasteiger partial charge in [-0.1, -0.05) is 97.1 Å². The molecule has 0 fully saturated rings. The lowest BCUT2D eigenvalue weighted by Gasteiger charge is -2.27. The Morgan fingerprint density at radius 3 is 1.32 bits per heavy atom. The molecule has 0 bridgehead atoms. The van der Waals surface area contributed by atoms with Gasteiger partial charge in [0.15, 0.2) is 0 Å². The maximum Gasteiger partial charge on any atom is 0.0541 e. The second-order valence-electron chi connectivity index (χ2n) is 14.0. The van der Waals surface area contributed by atoms with Gasteiger partial charge in [-0.25, -0.2) is 0 Å². The summed E-state index contributed by atoms with van der Waals surface area (Å²) in [7, 11) is 0. The molecule has 0 aliphatic carbocycles. The molecule has 0 saturated heterocycles. The van der Waals surface area contributed by atoms with Crippen molar-refractivity contribution in [2.45, 2.75) is 13.8 Å². The number of para-hydroxylation sites is 4. The van der Waals surface area contributed by atoms with Crippen LogP contribution in [0.1, 0.15) is 11.1 Å². The highest BCUT2D eigenvalue weighted by Gasteiger charge is 2.17. The maximum absolute atomic E-state index is 2.37. The highest BCUT2D eigenvalue weighted by Crippen LogP contribution is 2.40. The lowest BCUT2D eigenvalue weighted by molar-refractivity contribution is 1.17. The van der Waals surface area contributed by atoms with E-state index in [2.05, 4.69) is 216 Å². The third-order valence-corrected chi connectivity index (χ3v) is 10.6. The molecule has 0 saturated carbocycles. The first kappa shape index (κ1) is 30.9. The Bertz CT molecular complexity index is 2870. The van der Waals surface area contributed by atoms with Gasteiger partial charge in [0.05, 0.1) is 22.1 Å². The summed E-state index contributed by atoms with van der Waals surface area (Å²) >= 11 is 0. The summed E-state index contributed by atoms with van der Waals surface area (Å²) in [5.41, 5.74) is 15.4. The van der Waals surface area contributed by atoms with E-state index in [4.69, 9.17) is 0 Å². The predicted octanol–water partition coefficient (Wildman–Crippen LogP) is 13.6. The Morgan fingerprint density at radius 2 is 0.755 bits per heavy atom. The van der Waals surface area contributed by atoms with E-state index in [0.717, 1.165) is 22.7 Å². The van der Waals surface area contributed by atoms with Crippen molar-refractivity contribution in [3.63, 3.8) is 0 Å². The van der Waals surface area contributed by atoms with Crippen LogP contribution in [0.5, 0.6) is 0 Å². The summed E-state index contributed by atoms with van der Waals surface area (Å²) < 4.78 is 4.74. The van der Waals surface area contributed by atoms with Gasteiger partial charge in [0.2, 0.25) is 0 Å². The lowest BCUT2D eigenvalue weighted by Crippen LogP contribution is -2.10. The third-order valence-electron chi connectivity index (χ3n) is 10.6. The van der Waals surface area contributed by atoms with E-state index >= 15 is 0 Å². The van der Waals surface area contributed by atoms with Crippen molar-refractivity contribution in [3.05, 3.63) is 199 Å². The Labute approximate surface area is 309 Å². The smallest absolute Gasteiger partial charge is 0.0541 e. The molecule has 0 aliphatic rings. The van der Waals surface area contributed by atoms with E-state index in [1.165, 1.54) is 71.6 Å². The van der Waals surface area contributed by atoms with Crippen LogP contribution in [0.15, 0.2) is 188 Å². The molecule has 252 valence electrons.